The Labute approximate surface area is 193 Å². The minimum atomic E-state index is -0.543. The maximum atomic E-state index is 13.1. The summed E-state index contributed by atoms with van der Waals surface area (Å²) in [4.78, 5) is 25.6. The zero-order valence-electron chi connectivity index (χ0n) is 19.1. The van der Waals surface area contributed by atoms with Crippen LogP contribution in [0.3, 0.4) is 0 Å². The molecule has 172 valence electrons. The van der Waals surface area contributed by atoms with E-state index in [2.05, 4.69) is 26.4 Å². The van der Waals surface area contributed by atoms with Gasteiger partial charge in [0.05, 0.1) is 17.7 Å². The molecule has 1 aromatic heterocycles. The van der Waals surface area contributed by atoms with Crippen LogP contribution in [-0.2, 0) is 4.79 Å². The van der Waals surface area contributed by atoms with Gasteiger partial charge in [-0.15, -0.1) is 0 Å². The molecule has 0 saturated carbocycles. The Balaban J connectivity index is 1.53. The molecule has 1 fully saturated rings. The van der Waals surface area contributed by atoms with Crippen molar-refractivity contribution in [3.63, 3.8) is 0 Å². The first-order valence-corrected chi connectivity index (χ1v) is 11.3. The Morgan fingerprint density at radius 3 is 2.24 bits per heavy atom. The molecule has 0 aliphatic carbocycles. The summed E-state index contributed by atoms with van der Waals surface area (Å²) in [5.74, 6) is 0.366. The van der Waals surface area contributed by atoms with E-state index in [0.717, 1.165) is 23.2 Å². The number of benzene rings is 2. The van der Waals surface area contributed by atoms with E-state index in [1.54, 1.807) is 10.7 Å². The number of aromatic nitrogens is 2. The van der Waals surface area contributed by atoms with Crippen LogP contribution in [0.15, 0.2) is 66.7 Å². The van der Waals surface area contributed by atoms with Gasteiger partial charge < -0.3 is 10.6 Å². The number of anilines is 1. The van der Waals surface area contributed by atoms with Crippen molar-refractivity contribution in [2.45, 2.75) is 45.6 Å². The summed E-state index contributed by atoms with van der Waals surface area (Å²) in [6.07, 6.45) is 0.206. The van der Waals surface area contributed by atoms with Crippen LogP contribution in [-0.4, -0.2) is 27.8 Å². The highest BCUT2D eigenvalue weighted by molar-refractivity contribution is 5.89. The Morgan fingerprint density at radius 1 is 1.09 bits per heavy atom. The summed E-state index contributed by atoms with van der Waals surface area (Å²) in [7, 11) is 0. The number of hydrogen-bond donors (Lipinski definition) is 4. The number of amides is 3. The van der Waals surface area contributed by atoms with Gasteiger partial charge in [-0.1, -0.05) is 67.6 Å². The van der Waals surface area contributed by atoms with Crippen LogP contribution in [0, 0.1) is 12.8 Å². The summed E-state index contributed by atoms with van der Waals surface area (Å²) >= 11 is 0. The highest BCUT2D eigenvalue weighted by Gasteiger charge is 2.34. The summed E-state index contributed by atoms with van der Waals surface area (Å²) < 4.78 is 1.61. The highest BCUT2D eigenvalue weighted by Crippen LogP contribution is 2.24. The Bertz CT molecular complexity index is 1060. The van der Waals surface area contributed by atoms with Gasteiger partial charge in [-0.2, -0.15) is 5.10 Å². The monoisotopic (exact) mass is 446 g/mol. The van der Waals surface area contributed by atoms with Crippen molar-refractivity contribution in [1.82, 2.24) is 25.7 Å². The molecule has 4 rings (SSSR count). The van der Waals surface area contributed by atoms with Crippen molar-refractivity contribution < 1.29 is 9.59 Å². The molecule has 4 N–H and O–H groups in total. The van der Waals surface area contributed by atoms with Gasteiger partial charge >= 0.3 is 6.03 Å². The zero-order valence-corrected chi connectivity index (χ0v) is 19.1. The third-order valence-electron chi connectivity index (χ3n) is 5.97. The second-order valence-corrected chi connectivity index (χ2v) is 8.35. The molecule has 8 nitrogen and oxygen atoms in total. The van der Waals surface area contributed by atoms with Crippen molar-refractivity contribution in [2.75, 3.05) is 5.32 Å². The number of nitrogens with zero attached hydrogens (tertiary/aromatic N) is 2. The van der Waals surface area contributed by atoms with Crippen LogP contribution < -0.4 is 21.3 Å². The molecule has 3 unspecified atom stereocenters. The molecule has 2 aromatic carbocycles. The second-order valence-electron chi connectivity index (χ2n) is 8.35. The largest absolute Gasteiger partial charge is 0.327 e. The number of aryl methyl sites for hydroxylation is 1. The van der Waals surface area contributed by atoms with Crippen molar-refractivity contribution >= 4 is 17.8 Å². The van der Waals surface area contributed by atoms with E-state index in [-0.39, 0.29) is 29.9 Å². The topological polar surface area (TPSA) is 100 Å². The Kier molecular flexibility index (Phi) is 6.74. The smallest absolute Gasteiger partial charge is 0.321 e. The van der Waals surface area contributed by atoms with Crippen molar-refractivity contribution in [2.24, 2.45) is 5.92 Å². The molecular weight excluding hydrogens is 416 g/mol. The van der Waals surface area contributed by atoms with E-state index in [4.69, 9.17) is 0 Å². The van der Waals surface area contributed by atoms with Gasteiger partial charge in [0.1, 0.15) is 5.82 Å². The second kappa shape index (κ2) is 9.87. The number of carbonyl (C=O) groups excluding carboxylic acids is 2. The van der Waals surface area contributed by atoms with Crippen LogP contribution >= 0.6 is 0 Å². The van der Waals surface area contributed by atoms with Gasteiger partial charge in [0, 0.05) is 12.1 Å². The lowest BCUT2D eigenvalue weighted by molar-refractivity contribution is -0.130. The van der Waals surface area contributed by atoms with E-state index in [0.29, 0.717) is 5.82 Å². The first kappa shape index (κ1) is 22.5. The minimum absolute atomic E-state index is 0.0134. The third-order valence-corrected chi connectivity index (χ3v) is 5.97. The van der Waals surface area contributed by atoms with Gasteiger partial charge in [0.15, 0.2) is 6.29 Å². The molecule has 1 saturated heterocycles. The van der Waals surface area contributed by atoms with Crippen molar-refractivity contribution in [3.8, 4) is 0 Å². The molecule has 1 aliphatic rings. The van der Waals surface area contributed by atoms with Crippen LogP contribution in [0.4, 0.5) is 10.6 Å². The van der Waals surface area contributed by atoms with E-state index >= 15 is 0 Å². The van der Waals surface area contributed by atoms with Crippen LogP contribution in [0.5, 0.6) is 0 Å². The molecule has 3 amide bonds. The Hall–Kier alpha value is -3.65. The number of urea groups is 1. The van der Waals surface area contributed by atoms with E-state index < -0.39 is 6.29 Å². The normalized spacial score (nSPS) is 20.4. The summed E-state index contributed by atoms with van der Waals surface area (Å²) in [5.41, 5.74) is 2.68. The lowest BCUT2D eigenvalue weighted by Crippen LogP contribution is -2.57. The number of carbonyl (C=O) groups is 2. The fourth-order valence-corrected chi connectivity index (χ4v) is 4.29. The average Bonchev–Trinajstić information content (AvgIpc) is 3.18. The summed E-state index contributed by atoms with van der Waals surface area (Å²) in [6.45, 7) is 5.83. The molecule has 33 heavy (non-hydrogen) atoms. The molecule has 3 atom stereocenters. The molecule has 0 radical (unpaired) electrons. The third kappa shape index (κ3) is 5.06. The van der Waals surface area contributed by atoms with Gasteiger partial charge in [-0.25, -0.2) is 9.48 Å². The summed E-state index contributed by atoms with van der Waals surface area (Å²) in [5, 5.41) is 16.8. The maximum Gasteiger partial charge on any atom is 0.321 e. The predicted octanol–water partition coefficient (Wildman–Crippen LogP) is 3.69. The molecule has 2 heterocycles. The van der Waals surface area contributed by atoms with Crippen molar-refractivity contribution in [1.29, 1.82) is 0 Å². The minimum Gasteiger partial charge on any atom is -0.327 e. The lowest BCUT2D eigenvalue weighted by Gasteiger charge is -2.35. The fraction of sp³-hybridized carbons (Fsp3) is 0.320. The van der Waals surface area contributed by atoms with Crippen LogP contribution in [0.2, 0.25) is 0 Å². The van der Waals surface area contributed by atoms with Gasteiger partial charge in [0.25, 0.3) is 0 Å². The van der Waals surface area contributed by atoms with Crippen LogP contribution in [0.25, 0.3) is 0 Å². The first-order valence-electron chi connectivity index (χ1n) is 11.3. The van der Waals surface area contributed by atoms with Gasteiger partial charge in [0.2, 0.25) is 5.91 Å². The van der Waals surface area contributed by atoms with Crippen LogP contribution in [0.1, 0.15) is 49.4 Å². The number of rotatable bonds is 6. The SMILES string of the molecule is CCC1C(=O)NC(n2nc(C)cc2NC(=O)NC(c2ccccc2)c2ccccc2)NC1C. The Morgan fingerprint density at radius 2 is 1.70 bits per heavy atom. The fourth-order valence-electron chi connectivity index (χ4n) is 4.29. The highest BCUT2D eigenvalue weighted by atomic mass is 16.2. The first-order chi connectivity index (χ1) is 16.0. The molecule has 0 bridgehead atoms. The number of hydrogen-bond acceptors (Lipinski definition) is 4. The molecular formula is C25H30N6O2. The molecule has 3 aromatic rings. The van der Waals surface area contributed by atoms with Gasteiger partial charge in [-0.3, -0.25) is 15.4 Å². The number of nitrogens with one attached hydrogen (secondary N) is 4. The standard InChI is InChI=1S/C25H30N6O2/c1-4-20-17(3)26-24(29-23(20)32)31-21(15-16(2)30-31)27-25(33)28-22(18-11-7-5-8-12-18)19-13-9-6-10-14-19/h5-15,17,20,22,24,26H,4H2,1-3H3,(H,29,32)(H2,27,28,33). The molecule has 1 aliphatic heterocycles. The lowest BCUT2D eigenvalue weighted by atomic mass is 9.95. The quantitative estimate of drug-likeness (QED) is 0.464. The van der Waals surface area contributed by atoms with E-state index in [1.165, 1.54) is 0 Å². The summed E-state index contributed by atoms with van der Waals surface area (Å²) in [6, 6.07) is 20.7. The van der Waals surface area contributed by atoms with Gasteiger partial charge in [-0.05, 0) is 31.4 Å². The average molecular weight is 447 g/mol. The van der Waals surface area contributed by atoms with E-state index in [1.807, 2.05) is 81.4 Å². The zero-order chi connectivity index (χ0) is 23.4. The van der Waals surface area contributed by atoms with E-state index in [9.17, 15) is 9.59 Å². The molecule has 8 heteroatoms. The molecule has 0 spiro atoms. The van der Waals surface area contributed by atoms with Crippen molar-refractivity contribution in [3.05, 3.63) is 83.6 Å². The maximum absolute atomic E-state index is 13.1. The predicted molar refractivity (Wildman–Crippen MR) is 127 cm³/mol.